The molecule has 1 aromatic carbocycles. The number of alkyl halides is 1. The molecule has 0 bridgehead atoms. The summed E-state index contributed by atoms with van der Waals surface area (Å²) in [7, 11) is 0. The summed E-state index contributed by atoms with van der Waals surface area (Å²) < 4.78 is 12.9. The summed E-state index contributed by atoms with van der Waals surface area (Å²) in [5.41, 5.74) is 6.23. The highest BCUT2D eigenvalue weighted by molar-refractivity contribution is 9.10. The second-order valence-corrected chi connectivity index (χ2v) is 3.42. The summed E-state index contributed by atoms with van der Waals surface area (Å²) in [4.78, 5) is 11.1. The van der Waals surface area contributed by atoms with E-state index in [1.165, 1.54) is 0 Å². The van der Waals surface area contributed by atoms with Gasteiger partial charge in [-0.3, -0.25) is 4.79 Å². The van der Waals surface area contributed by atoms with Crippen LogP contribution in [0.5, 0.6) is 0 Å². The molecule has 0 amide bonds. The third kappa shape index (κ3) is 2.35. The molecular formula is C9H9BrFNO. The van der Waals surface area contributed by atoms with Gasteiger partial charge >= 0.3 is 0 Å². The zero-order chi connectivity index (χ0) is 9.84. The second-order valence-electron chi connectivity index (χ2n) is 2.57. The standard InChI is InChI=1S/C9H9BrFNO/c10-8-3-6(9(13)5-12)1-2-7(8)4-11/h1-3H,4-5,12H2. The van der Waals surface area contributed by atoms with E-state index in [0.717, 1.165) is 0 Å². The van der Waals surface area contributed by atoms with Gasteiger partial charge in [0, 0.05) is 10.0 Å². The minimum absolute atomic E-state index is 0.0264. The van der Waals surface area contributed by atoms with Crippen molar-refractivity contribution < 1.29 is 9.18 Å². The Bertz CT molecular complexity index is 327. The van der Waals surface area contributed by atoms with Crippen LogP contribution in [-0.2, 0) is 6.67 Å². The maximum absolute atomic E-state index is 12.3. The van der Waals surface area contributed by atoms with Gasteiger partial charge in [0.1, 0.15) is 6.67 Å². The van der Waals surface area contributed by atoms with Crippen molar-refractivity contribution in [3.8, 4) is 0 Å². The Morgan fingerprint density at radius 3 is 2.69 bits per heavy atom. The quantitative estimate of drug-likeness (QED) is 0.829. The number of Topliss-reactive ketones (excluding diaryl/α,β-unsaturated/α-hetero) is 1. The number of carbonyl (C=O) groups is 1. The van der Waals surface area contributed by atoms with Crippen LogP contribution in [0.1, 0.15) is 15.9 Å². The van der Waals surface area contributed by atoms with Crippen LogP contribution in [0.25, 0.3) is 0 Å². The molecule has 0 unspecified atom stereocenters. The summed E-state index contributed by atoms with van der Waals surface area (Å²) in [6.45, 7) is -0.570. The van der Waals surface area contributed by atoms with Crippen molar-refractivity contribution >= 4 is 21.7 Å². The number of rotatable bonds is 3. The van der Waals surface area contributed by atoms with E-state index < -0.39 is 6.67 Å². The smallest absolute Gasteiger partial charge is 0.176 e. The van der Waals surface area contributed by atoms with Gasteiger partial charge in [-0.05, 0) is 11.6 Å². The van der Waals surface area contributed by atoms with Crippen molar-refractivity contribution in [2.45, 2.75) is 6.67 Å². The number of nitrogens with two attached hydrogens (primary N) is 1. The Kier molecular flexibility index (Phi) is 3.57. The molecule has 0 aromatic heterocycles. The average Bonchev–Trinajstić information content (AvgIpc) is 2.16. The predicted molar refractivity (Wildman–Crippen MR) is 52.3 cm³/mol. The van der Waals surface area contributed by atoms with Gasteiger partial charge in [0.2, 0.25) is 0 Å². The summed E-state index contributed by atoms with van der Waals surface area (Å²) in [6, 6.07) is 4.74. The fourth-order valence-corrected chi connectivity index (χ4v) is 1.43. The fourth-order valence-electron chi connectivity index (χ4n) is 0.947. The molecule has 0 heterocycles. The molecule has 0 radical (unpaired) electrons. The number of halogens is 2. The molecule has 1 rings (SSSR count). The molecule has 0 spiro atoms. The number of hydrogen-bond acceptors (Lipinski definition) is 2. The van der Waals surface area contributed by atoms with Crippen molar-refractivity contribution in [2.24, 2.45) is 5.73 Å². The predicted octanol–water partition coefficient (Wildman–Crippen LogP) is 2.06. The Balaban J connectivity index is 3.02. The first kappa shape index (κ1) is 10.3. The van der Waals surface area contributed by atoms with E-state index in [2.05, 4.69) is 15.9 Å². The third-order valence-corrected chi connectivity index (χ3v) is 2.44. The maximum Gasteiger partial charge on any atom is 0.176 e. The monoisotopic (exact) mass is 245 g/mol. The first-order chi connectivity index (χ1) is 6.19. The summed E-state index contributed by atoms with van der Waals surface area (Å²) in [5, 5.41) is 0. The Morgan fingerprint density at radius 1 is 1.54 bits per heavy atom. The number of carbonyl (C=O) groups excluding carboxylic acids is 1. The molecule has 0 aliphatic carbocycles. The highest BCUT2D eigenvalue weighted by Crippen LogP contribution is 2.19. The zero-order valence-corrected chi connectivity index (χ0v) is 8.47. The maximum atomic E-state index is 12.3. The van der Waals surface area contributed by atoms with Gasteiger partial charge in [0.25, 0.3) is 0 Å². The SMILES string of the molecule is NCC(=O)c1ccc(CF)c(Br)c1. The number of hydrogen-bond donors (Lipinski definition) is 1. The van der Waals surface area contributed by atoms with Crippen LogP contribution in [0.15, 0.2) is 22.7 Å². The van der Waals surface area contributed by atoms with Gasteiger partial charge in [0.05, 0.1) is 6.54 Å². The Labute approximate surface area is 84.1 Å². The highest BCUT2D eigenvalue weighted by Gasteiger charge is 2.06. The molecule has 0 aliphatic heterocycles. The van der Waals surface area contributed by atoms with E-state index in [1.54, 1.807) is 18.2 Å². The van der Waals surface area contributed by atoms with E-state index in [9.17, 15) is 9.18 Å². The van der Waals surface area contributed by atoms with Crippen LogP contribution in [-0.4, -0.2) is 12.3 Å². The van der Waals surface area contributed by atoms with E-state index >= 15 is 0 Å². The first-order valence-electron chi connectivity index (χ1n) is 3.76. The number of benzene rings is 1. The topological polar surface area (TPSA) is 43.1 Å². The van der Waals surface area contributed by atoms with Crippen molar-refractivity contribution in [3.05, 3.63) is 33.8 Å². The molecule has 0 saturated heterocycles. The summed E-state index contributed by atoms with van der Waals surface area (Å²) >= 11 is 3.17. The van der Waals surface area contributed by atoms with Gasteiger partial charge in [-0.2, -0.15) is 0 Å². The Hall–Kier alpha value is -0.740. The lowest BCUT2D eigenvalue weighted by Gasteiger charge is -2.02. The molecule has 13 heavy (non-hydrogen) atoms. The van der Waals surface area contributed by atoms with Crippen molar-refractivity contribution in [2.75, 3.05) is 6.54 Å². The lowest BCUT2D eigenvalue weighted by Crippen LogP contribution is -2.13. The van der Waals surface area contributed by atoms with Crippen LogP contribution in [0.2, 0.25) is 0 Å². The molecule has 0 saturated carbocycles. The Morgan fingerprint density at radius 2 is 2.23 bits per heavy atom. The first-order valence-corrected chi connectivity index (χ1v) is 4.56. The van der Waals surface area contributed by atoms with E-state index in [0.29, 0.717) is 15.6 Å². The zero-order valence-electron chi connectivity index (χ0n) is 6.89. The second kappa shape index (κ2) is 4.48. The van der Waals surface area contributed by atoms with Crippen LogP contribution < -0.4 is 5.73 Å². The molecule has 2 nitrogen and oxygen atoms in total. The lowest BCUT2D eigenvalue weighted by molar-refractivity contribution is 0.100. The lowest BCUT2D eigenvalue weighted by atomic mass is 10.1. The molecule has 2 N–H and O–H groups in total. The summed E-state index contributed by atoms with van der Waals surface area (Å²) in [5.74, 6) is -0.147. The van der Waals surface area contributed by atoms with Crippen LogP contribution in [0.4, 0.5) is 4.39 Å². The van der Waals surface area contributed by atoms with E-state index in [4.69, 9.17) is 5.73 Å². The van der Waals surface area contributed by atoms with Crippen molar-refractivity contribution in [1.29, 1.82) is 0 Å². The summed E-state index contributed by atoms with van der Waals surface area (Å²) in [6.07, 6.45) is 0. The normalized spacial score (nSPS) is 10.1. The highest BCUT2D eigenvalue weighted by atomic mass is 79.9. The van der Waals surface area contributed by atoms with Crippen LogP contribution >= 0.6 is 15.9 Å². The molecular weight excluding hydrogens is 237 g/mol. The molecule has 4 heteroatoms. The fraction of sp³-hybridized carbons (Fsp3) is 0.222. The van der Waals surface area contributed by atoms with Crippen molar-refractivity contribution in [1.82, 2.24) is 0 Å². The minimum atomic E-state index is -0.544. The van der Waals surface area contributed by atoms with Crippen LogP contribution in [0, 0.1) is 0 Å². The average molecular weight is 246 g/mol. The van der Waals surface area contributed by atoms with Gasteiger partial charge < -0.3 is 5.73 Å². The van der Waals surface area contributed by atoms with Gasteiger partial charge in [-0.25, -0.2) is 4.39 Å². The number of ketones is 1. The molecule has 0 atom stereocenters. The van der Waals surface area contributed by atoms with E-state index in [-0.39, 0.29) is 12.3 Å². The van der Waals surface area contributed by atoms with Crippen LogP contribution in [0.3, 0.4) is 0 Å². The third-order valence-electron chi connectivity index (χ3n) is 1.70. The van der Waals surface area contributed by atoms with E-state index in [1.807, 2.05) is 0 Å². The van der Waals surface area contributed by atoms with Gasteiger partial charge in [-0.1, -0.05) is 28.1 Å². The van der Waals surface area contributed by atoms with Gasteiger partial charge in [0.15, 0.2) is 5.78 Å². The van der Waals surface area contributed by atoms with Gasteiger partial charge in [-0.15, -0.1) is 0 Å². The molecule has 1 aromatic rings. The largest absolute Gasteiger partial charge is 0.324 e. The van der Waals surface area contributed by atoms with Crippen molar-refractivity contribution in [3.63, 3.8) is 0 Å². The molecule has 0 fully saturated rings. The molecule has 70 valence electrons. The molecule has 0 aliphatic rings. The minimum Gasteiger partial charge on any atom is -0.324 e.